The van der Waals surface area contributed by atoms with Crippen LogP contribution in [0.3, 0.4) is 0 Å². The maximum Gasteiger partial charge on any atom is 0.357 e. The Balaban J connectivity index is 3.33. The fourth-order valence-electron chi connectivity index (χ4n) is 1.41. The quantitative estimate of drug-likeness (QED) is 0.815. The highest BCUT2D eigenvalue weighted by atomic mass is 19.3. The lowest BCUT2D eigenvalue weighted by Crippen LogP contribution is -2.14. The predicted molar refractivity (Wildman–Crippen MR) is 59.6 cm³/mol. The molecular weight excluding hydrogens is 246 g/mol. The van der Waals surface area contributed by atoms with E-state index in [0.717, 1.165) is 6.07 Å². The molecule has 7 heteroatoms. The summed E-state index contributed by atoms with van der Waals surface area (Å²) in [5.41, 5.74) is 4.76. The van der Waals surface area contributed by atoms with Gasteiger partial charge in [-0.15, -0.1) is 0 Å². The highest BCUT2D eigenvalue weighted by Gasteiger charge is 2.24. The third kappa shape index (κ3) is 2.92. The molecule has 1 heterocycles. The van der Waals surface area contributed by atoms with Crippen molar-refractivity contribution in [1.29, 1.82) is 0 Å². The number of halogens is 2. The molecule has 0 aliphatic heterocycles. The van der Waals surface area contributed by atoms with Crippen LogP contribution in [0.25, 0.3) is 0 Å². The van der Waals surface area contributed by atoms with Gasteiger partial charge >= 0.3 is 5.97 Å². The lowest BCUT2D eigenvalue weighted by atomic mass is 10.1. The zero-order valence-electron chi connectivity index (χ0n) is 10.1. The number of pyridine rings is 1. The van der Waals surface area contributed by atoms with Crippen LogP contribution >= 0.6 is 0 Å². The third-order valence-electron chi connectivity index (χ3n) is 2.21. The number of ether oxygens (including phenoxy) is 2. The molecule has 0 aromatic carbocycles. The molecule has 0 amide bonds. The third-order valence-corrected chi connectivity index (χ3v) is 2.21. The summed E-state index contributed by atoms with van der Waals surface area (Å²) < 4.78 is 35.3. The largest absolute Gasteiger partial charge is 0.481 e. The van der Waals surface area contributed by atoms with Crippen LogP contribution in [-0.4, -0.2) is 24.7 Å². The zero-order valence-corrected chi connectivity index (χ0v) is 10.1. The number of esters is 1. The van der Waals surface area contributed by atoms with Crippen LogP contribution in [0.4, 0.5) is 8.78 Å². The van der Waals surface area contributed by atoms with Gasteiger partial charge < -0.3 is 15.2 Å². The van der Waals surface area contributed by atoms with Gasteiger partial charge in [0, 0.05) is 12.1 Å². The molecule has 0 saturated heterocycles. The van der Waals surface area contributed by atoms with E-state index in [4.69, 9.17) is 10.5 Å². The number of methoxy groups -OCH3 is 1. The summed E-state index contributed by atoms with van der Waals surface area (Å²) >= 11 is 0. The van der Waals surface area contributed by atoms with Gasteiger partial charge in [-0.05, 0) is 13.0 Å². The van der Waals surface area contributed by atoms with Crippen LogP contribution in [-0.2, 0) is 11.3 Å². The molecule has 2 N–H and O–H groups in total. The van der Waals surface area contributed by atoms with Gasteiger partial charge in [0.05, 0.1) is 19.3 Å². The fourth-order valence-corrected chi connectivity index (χ4v) is 1.41. The lowest BCUT2D eigenvalue weighted by Gasteiger charge is -2.12. The van der Waals surface area contributed by atoms with Gasteiger partial charge in [-0.2, -0.15) is 0 Å². The Kier molecular flexibility index (Phi) is 4.96. The van der Waals surface area contributed by atoms with Gasteiger partial charge in [-0.1, -0.05) is 0 Å². The van der Waals surface area contributed by atoms with Gasteiger partial charge in [0.15, 0.2) is 5.69 Å². The zero-order chi connectivity index (χ0) is 13.7. The van der Waals surface area contributed by atoms with Crippen molar-refractivity contribution < 1.29 is 23.0 Å². The maximum absolute atomic E-state index is 12.9. The Morgan fingerprint density at radius 2 is 2.22 bits per heavy atom. The first-order valence-electron chi connectivity index (χ1n) is 5.28. The number of carbonyl (C=O) groups excluding carboxylic acids is 1. The molecule has 5 nitrogen and oxygen atoms in total. The molecule has 0 saturated carbocycles. The highest BCUT2D eigenvalue weighted by Crippen LogP contribution is 2.27. The molecule has 100 valence electrons. The smallest absolute Gasteiger partial charge is 0.357 e. The van der Waals surface area contributed by atoms with Crippen LogP contribution in [0.15, 0.2) is 6.07 Å². The lowest BCUT2D eigenvalue weighted by molar-refractivity contribution is 0.0506. The summed E-state index contributed by atoms with van der Waals surface area (Å²) in [5.74, 6) is -0.861. The predicted octanol–water partition coefficient (Wildman–Crippen LogP) is 1.66. The Morgan fingerprint density at radius 1 is 1.56 bits per heavy atom. The van der Waals surface area contributed by atoms with Crippen molar-refractivity contribution in [3.05, 3.63) is 22.9 Å². The van der Waals surface area contributed by atoms with Gasteiger partial charge in [0.25, 0.3) is 6.43 Å². The summed E-state index contributed by atoms with van der Waals surface area (Å²) in [6.45, 7) is 1.63. The van der Waals surface area contributed by atoms with E-state index in [9.17, 15) is 13.6 Å². The molecule has 18 heavy (non-hydrogen) atoms. The van der Waals surface area contributed by atoms with Crippen molar-refractivity contribution in [1.82, 2.24) is 4.98 Å². The minimum atomic E-state index is -2.84. The van der Waals surface area contributed by atoms with Crippen LogP contribution in [0.5, 0.6) is 5.88 Å². The molecule has 0 spiro atoms. The van der Waals surface area contributed by atoms with E-state index < -0.39 is 23.7 Å². The second-order valence-corrected chi connectivity index (χ2v) is 3.32. The molecule has 1 aromatic rings. The van der Waals surface area contributed by atoms with Crippen molar-refractivity contribution in [3.8, 4) is 5.88 Å². The van der Waals surface area contributed by atoms with E-state index in [1.54, 1.807) is 6.92 Å². The summed E-state index contributed by atoms with van der Waals surface area (Å²) in [6, 6.07) is 1.11. The molecule has 0 fully saturated rings. The second-order valence-electron chi connectivity index (χ2n) is 3.32. The van der Waals surface area contributed by atoms with Crippen LogP contribution in [0, 0.1) is 0 Å². The number of alkyl halides is 2. The Morgan fingerprint density at radius 3 is 2.67 bits per heavy atom. The van der Waals surface area contributed by atoms with Crippen LogP contribution < -0.4 is 10.5 Å². The Hall–Kier alpha value is -1.76. The van der Waals surface area contributed by atoms with Crippen LogP contribution in [0.2, 0.25) is 0 Å². The number of hydrogen-bond donors (Lipinski definition) is 1. The SMILES string of the molecule is CCOC(=O)c1nc(OC)c(CN)cc1C(F)F. The molecule has 0 atom stereocenters. The number of nitrogens with two attached hydrogens (primary N) is 1. The maximum atomic E-state index is 12.9. The van der Waals surface area contributed by atoms with E-state index in [-0.39, 0.29) is 19.0 Å². The minimum absolute atomic E-state index is 0.0149. The van der Waals surface area contributed by atoms with Gasteiger partial charge in [0.2, 0.25) is 5.88 Å². The molecule has 0 bridgehead atoms. The molecule has 0 aliphatic carbocycles. The van der Waals surface area contributed by atoms with Gasteiger partial charge in [-0.25, -0.2) is 18.6 Å². The van der Waals surface area contributed by atoms with Crippen molar-refractivity contribution in [2.75, 3.05) is 13.7 Å². The van der Waals surface area contributed by atoms with Crippen molar-refractivity contribution in [3.63, 3.8) is 0 Å². The molecule has 1 aromatic heterocycles. The average Bonchev–Trinajstić information content (AvgIpc) is 2.37. The Labute approximate surface area is 103 Å². The summed E-state index contributed by atoms with van der Waals surface area (Å²) in [6.07, 6.45) is -2.84. The van der Waals surface area contributed by atoms with Gasteiger partial charge in [-0.3, -0.25) is 0 Å². The van der Waals surface area contributed by atoms with Gasteiger partial charge in [0.1, 0.15) is 0 Å². The van der Waals surface area contributed by atoms with Crippen LogP contribution in [0.1, 0.15) is 35.0 Å². The number of carbonyl (C=O) groups is 1. The topological polar surface area (TPSA) is 74.4 Å². The second kappa shape index (κ2) is 6.25. The fraction of sp³-hybridized carbons (Fsp3) is 0.455. The van der Waals surface area contributed by atoms with Crippen molar-refractivity contribution >= 4 is 5.97 Å². The molecule has 0 unspecified atom stereocenters. The average molecular weight is 260 g/mol. The highest BCUT2D eigenvalue weighted by molar-refractivity contribution is 5.89. The summed E-state index contributed by atoms with van der Waals surface area (Å²) in [4.78, 5) is 15.3. The van der Waals surface area contributed by atoms with E-state index in [1.807, 2.05) is 0 Å². The molecule has 0 aliphatic rings. The number of hydrogen-bond acceptors (Lipinski definition) is 5. The normalized spacial score (nSPS) is 10.6. The first kappa shape index (κ1) is 14.3. The van der Waals surface area contributed by atoms with Crippen molar-refractivity contribution in [2.45, 2.75) is 19.9 Å². The number of rotatable bonds is 5. The summed E-state index contributed by atoms with van der Waals surface area (Å²) in [5, 5.41) is 0. The molecule has 1 rings (SSSR count). The first-order valence-corrected chi connectivity index (χ1v) is 5.28. The van der Waals surface area contributed by atoms with E-state index in [1.165, 1.54) is 7.11 Å². The number of aromatic nitrogens is 1. The molecule has 0 radical (unpaired) electrons. The Bertz CT molecular complexity index is 439. The van der Waals surface area contributed by atoms with E-state index >= 15 is 0 Å². The van der Waals surface area contributed by atoms with E-state index in [2.05, 4.69) is 9.72 Å². The van der Waals surface area contributed by atoms with E-state index in [0.29, 0.717) is 5.56 Å². The monoisotopic (exact) mass is 260 g/mol. The summed E-state index contributed by atoms with van der Waals surface area (Å²) in [7, 11) is 1.32. The first-order chi connectivity index (χ1) is 8.54. The standard InChI is InChI=1S/C11H14F2N2O3/c1-3-18-11(16)8-7(9(12)13)4-6(5-14)10(15-8)17-2/h4,9H,3,5,14H2,1-2H3. The van der Waals surface area contributed by atoms with Crippen molar-refractivity contribution in [2.24, 2.45) is 5.73 Å². The number of nitrogens with zero attached hydrogens (tertiary/aromatic N) is 1. The minimum Gasteiger partial charge on any atom is -0.481 e. The molecular formula is C11H14F2N2O3.